The quantitative estimate of drug-likeness (QED) is 0.748. The Hall–Kier alpha value is -1.46. The lowest BCUT2D eigenvalue weighted by Gasteiger charge is -2.31. The fourth-order valence-electron chi connectivity index (χ4n) is 2.19. The molecule has 0 amide bonds. The van der Waals surface area contributed by atoms with E-state index in [1.807, 2.05) is 13.8 Å². The number of hydrogen-bond acceptors (Lipinski definition) is 4. The van der Waals surface area contributed by atoms with Crippen molar-refractivity contribution in [2.75, 3.05) is 19.8 Å². The number of rotatable bonds is 8. The van der Waals surface area contributed by atoms with Gasteiger partial charge in [-0.15, -0.1) is 0 Å². The third kappa shape index (κ3) is 4.51. The highest BCUT2D eigenvalue weighted by molar-refractivity contribution is 5.83. The van der Waals surface area contributed by atoms with E-state index in [4.69, 9.17) is 15.2 Å². The van der Waals surface area contributed by atoms with Gasteiger partial charge in [0.05, 0.1) is 12.7 Å². The summed E-state index contributed by atoms with van der Waals surface area (Å²) in [5.74, 6) is -0.843. The largest absolute Gasteiger partial charge is 0.465 e. The van der Waals surface area contributed by atoms with E-state index < -0.39 is 17.2 Å². The summed E-state index contributed by atoms with van der Waals surface area (Å²) in [6.45, 7) is 6.20. The fraction of sp³-hybridized carbons (Fsp3) is 0.562. The second-order valence-electron chi connectivity index (χ2n) is 5.19. The monoisotopic (exact) mass is 297 g/mol. The highest BCUT2D eigenvalue weighted by atomic mass is 19.1. The van der Waals surface area contributed by atoms with Gasteiger partial charge in [0.15, 0.2) is 0 Å². The first-order valence-electron chi connectivity index (χ1n) is 7.21. The molecule has 1 unspecified atom stereocenters. The summed E-state index contributed by atoms with van der Waals surface area (Å²) in [7, 11) is 0. The maximum atomic E-state index is 13.5. The average molecular weight is 297 g/mol. The van der Waals surface area contributed by atoms with Crippen LogP contribution in [0.3, 0.4) is 0 Å². The minimum Gasteiger partial charge on any atom is -0.465 e. The third-order valence-electron chi connectivity index (χ3n) is 3.37. The van der Waals surface area contributed by atoms with Crippen LogP contribution in [0.5, 0.6) is 0 Å². The molecule has 0 saturated heterocycles. The van der Waals surface area contributed by atoms with Crippen molar-refractivity contribution in [3.8, 4) is 0 Å². The van der Waals surface area contributed by atoms with E-state index in [1.165, 1.54) is 12.1 Å². The molecule has 0 spiro atoms. The smallest absolute Gasteiger partial charge is 0.317 e. The van der Waals surface area contributed by atoms with Crippen LogP contribution in [-0.4, -0.2) is 31.8 Å². The Morgan fingerprint density at radius 3 is 2.67 bits per heavy atom. The first-order valence-corrected chi connectivity index (χ1v) is 7.21. The molecule has 0 saturated carbocycles. The molecule has 0 aromatic heterocycles. The summed E-state index contributed by atoms with van der Waals surface area (Å²) < 4.78 is 24.2. The molecular weight excluding hydrogens is 273 g/mol. The van der Waals surface area contributed by atoms with Gasteiger partial charge in [-0.05, 0) is 44.9 Å². The molecule has 1 rings (SSSR count). The summed E-state index contributed by atoms with van der Waals surface area (Å²) in [4.78, 5) is 12.4. The molecule has 21 heavy (non-hydrogen) atoms. The first kappa shape index (κ1) is 17.6. The summed E-state index contributed by atoms with van der Waals surface area (Å²) in [5, 5.41) is 0. The Balaban J connectivity index is 3.09. The predicted molar refractivity (Wildman–Crippen MR) is 79.5 cm³/mol. The minimum absolute atomic E-state index is 0.0384. The summed E-state index contributed by atoms with van der Waals surface area (Å²) in [6, 6.07) is 5.93. The Kier molecular flexibility index (Phi) is 6.78. The van der Waals surface area contributed by atoms with Crippen LogP contribution >= 0.6 is 0 Å². The van der Waals surface area contributed by atoms with E-state index in [0.29, 0.717) is 18.6 Å². The molecule has 0 aliphatic heterocycles. The van der Waals surface area contributed by atoms with Crippen LogP contribution < -0.4 is 5.73 Å². The van der Waals surface area contributed by atoms with E-state index in [1.54, 1.807) is 19.1 Å². The van der Waals surface area contributed by atoms with Crippen molar-refractivity contribution in [1.29, 1.82) is 0 Å². The van der Waals surface area contributed by atoms with Crippen LogP contribution in [0, 0.1) is 5.82 Å². The van der Waals surface area contributed by atoms with Crippen molar-refractivity contribution in [2.24, 2.45) is 5.73 Å². The van der Waals surface area contributed by atoms with Gasteiger partial charge in [0, 0.05) is 13.2 Å². The van der Waals surface area contributed by atoms with E-state index >= 15 is 0 Å². The van der Waals surface area contributed by atoms with E-state index in [9.17, 15) is 9.18 Å². The van der Waals surface area contributed by atoms with E-state index in [-0.39, 0.29) is 19.3 Å². The molecule has 5 heteroatoms. The molecule has 0 bridgehead atoms. The molecule has 2 N–H and O–H groups in total. The normalized spacial score (nSPS) is 14.0. The van der Waals surface area contributed by atoms with Crippen molar-refractivity contribution in [2.45, 2.75) is 38.7 Å². The van der Waals surface area contributed by atoms with Crippen LogP contribution in [0.15, 0.2) is 24.3 Å². The number of carbonyl (C=O) groups is 1. The lowest BCUT2D eigenvalue weighted by Crippen LogP contribution is -2.45. The molecule has 0 aliphatic carbocycles. The standard InChI is InChI=1S/C16H24FNO3/c1-4-20-15(19)16(11-18,8-9-21-12(2)3)13-6-5-7-14(17)10-13/h5-7,10,12H,4,8-9,11,18H2,1-3H3. The Bertz CT molecular complexity index is 465. The molecule has 0 radical (unpaired) electrons. The van der Waals surface area contributed by atoms with E-state index in [0.717, 1.165) is 0 Å². The fourth-order valence-corrected chi connectivity index (χ4v) is 2.19. The number of hydrogen-bond donors (Lipinski definition) is 1. The van der Waals surface area contributed by atoms with Gasteiger partial charge in [-0.1, -0.05) is 12.1 Å². The highest BCUT2D eigenvalue weighted by Crippen LogP contribution is 2.30. The number of nitrogens with two attached hydrogens (primary N) is 1. The maximum absolute atomic E-state index is 13.5. The summed E-state index contributed by atoms with van der Waals surface area (Å²) >= 11 is 0. The third-order valence-corrected chi connectivity index (χ3v) is 3.37. The molecule has 1 aromatic carbocycles. The number of carbonyl (C=O) groups excluding carboxylic acids is 1. The van der Waals surface area contributed by atoms with Gasteiger partial charge >= 0.3 is 5.97 Å². The zero-order valence-corrected chi connectivity index (χ0v) is 12.9. The molecule has 1 aromatic rings. The van der Waals surface area contributed by atoms with Crippen molar-refractivity contribution in [1.82, 2.24) is 0 Å². The lowest BCUT2D eigenvalue weighted by molar-refractivity contribution is -0.151. The summed E-state index contributed by atoms with van der Waals surface area (Å²) in [6.07, 6.45) is 0.402. The lowest BCUT2D eigenvalue weighted by atomic mass is 9.77. The second kappa shape index (κ2) is 8.10. The van der Waals surface area contributed by atoms with Gasteiger partial charge in [-0.3, -0.25) is 4.79 Å². The first-order chi connectivity index (χ1) is 9.96. The number of ether oxygens (including phenoxy) is 2. The Labute approximate surface area is 125 Å². The van der Waals surface area contributed by atoms with Gasteiger partial charge < -0.3 is 15.2 Å². The SMILES string of the molecule is CCOC(=O)C(CN)(CCOC(C)C)c1cccc(F)c1. The van der Waals surface area contributed by atoms with Gasteiger partial charge in [0.25, 0.3) is 0 Å². The topological polar surface area (TPSA) is 61.5 Å². The van der Waals surface area contributed by atoms with Gasteiger partial charge in [0.2, 0.25) is 0 Å². The van der Waals surface area contributed by atoms with Crippen molar-refractivity contribution >= 4 is 5.97 Å². The number of esters is 1. The van der Waals surface area contributed by atoms with E-state index in [2.05, 4.69) is 0 Å². The molecule has 0 aliphatic rings. The maximum Gasteiger partial charge on any atom is 0.317 e. The molecule has 4 nitrogen and oxygen atoms in total. The van der Waals surface area contributed by atoms with Crippen LogP contribution in [-0.2, 0) is 19.7 Å². The molecule has 0 heterocycles. The van der Waals surface area contributed by atoms with Gasteiger partial charge in [-0.2, -0.15) is 0 Å². The molecular formula is C16H24FNO3. The number of halogens is 1. The van der Waals surface area contributed by atoms with Gasteiger partial charge in [0.1, 0.15) is 11.2 Å². The second-order valence-corrected chi connectivity index (χ2v) is 5.19. The number of benzene rings is 1. The van der Waals surface area contributed by atoms with Crippen LogP contribution in [0.25, 0.3) is 0 Å². The summed E-state index contributed by atoms with van der Waals surface area (Å²) in [5.41, 5.74) is 5.31. The molecule has 1 atom stereocenters. The molecule has 118 valence electrons. The Morgan fingerprint density at radius 1 is 1.43 bits per heavy atom. The van der Waals surface area contributed by atoms with Gasteiger partial charge in [-0.25, -0.2) is 4.39 Å². The molecule has 0 fully saturated rings. The average Bonchev–Trinajstić information content (AvgIpc) is 2.43. The van der Waals surface area contributed by atoms with Crippen LogP contribution in [0.1, 0.15) is 32.8 Å². The minimum atomic E-state index is -1.08. The van der Waals surface area contributed by atoms with Crippen LogP contribution in [0.2, 0.25) is 0 Å². The van der Waals surface area contributed by atoms with Crippen molar-refractivity contribution in [3.63, 3.8) is 0 Å². The zero-order chi connectivity index (χ0) is 15.9. The van der Waals surface area contributed by atoms with Crippen molar-refractivity contribution in [3.05, 3.63) is 35.6 Å². The zero-order valence-electron chi connectivity index (χ0n) is 12.9. The van der Waals surface area contributed by atoms with Crippen LogP contribution in [0.4, 0.5) is 4.39 Å². The van der Waals surface area contributed by atoms with Crippen molar-refractivity contribution < 1.29 is 18.7 Å². The Morgan fingerprint density at radius 2 is 2.14 bits per heavy atom. The predicted octanol–water partition coefficient (Wildman–Crippen LogP) is 2.40. The highest BCUT2D eigenvalue weighted by Gasteiger charge is 2.40.